The monoisotopic (exact) mass is 306 g/mol. The Labute approximate surface area is 131 Å². The van der Waals surface area contributed by atoms with Crippen LogP contribution in [0.3, 0.4) is 0 Å². The van der Waals surface area contributed by atoms with Crippen molar-refractivity contribution < 1.29 is 9.90 Å². The van der Waals surface area contributed by atoms with Gasteiger partial charge >= 0.3 is 5.97 Å². The Morgan fingerprint density at radius 2 is 2.05 bits per heavy atom. The number of nitrogens with zero attached hydrogens (tertiary/aromatic N) is 4. The van der Waals surface area contributed by atoms with Crippen molar-refractivity contribution in [2.45, 2.75) is 58.5 Å². The summed E-state index contributed by atoms with van der Waals surface area (Å²) < 4.78 is 1.82. The molecule has 1 aromatic rings. The van der Waals surface area contributed by atoms with Gasteiger partial charge in [0.2, 0.25) is 0 Å². The quantitative estimate of drug-likeness (QED) is 0.914. The molecule has 0 saturated carbocycles. The van der Waals surface area contributed by atoms with Gasteiger partial charge in [0.1, 0.15) is 5.82 Å². The summed E-state index contributed by atoms with van der Waals surface area (Å²) in [5, 5.41) is 13.7. The van der Waals surface area contributed by atoms with Crippen molar-refractivity contribution in [1.29, 1.82) is 0 Å². The molecule has 0 aromatic carbocycles. The van der Waals surface area contributed by atoms with E-state index in [0.717, 1.165) is 37.6 Å². The normalized spacial score (nSPS) is 23.7. The molecule has 3 rings (SSSR count). The van der Waals surface area contributed by atoms with Crippen LogP contribution in [0.1, 0.15) is 44.8 Å². The van der Waals surface area contributed by atoms with Gasteiger partial charge in [0.15, 0.2) is 5.82 Å². The van der Waals surface area contributed by atoms with Crippen LogP contribution >= 0.6 is 0 Å². The molecule has 0 amide bonds. The molecule has 0 bridgehead atoms. The van der Waals surface area contributed by atoms with Gasteiger partial charge in [-0.2, -0.15) is 5.10 Å². The third-order valence-electron chi connectivity index (χ3n) is 5.10. The zero-order valence-electron chi connectivity index (χ0n) is 13.5. The van der Waals surface area contributed by atoms with Gasteiger partial charge in [-0.3, -0.25) is 4.79 Å². The lowest BCUT2D eigenvalue weighted by molar-refractivity contribution is -0.142. The number of carbonyl (C=O) groups is 1. The second-order valence-corrected chi connectivity index (χ2v) is 6.98. The summed E-state index contributed by atoms with van der Waals surface area (Å²) in [6.45, 7) is 7.31. The SMILES string of the molecule is CC(C)N1CCC(Cc2nc3n(n2)CC(C(=O)O)CC3)CC1. The Balaban J connectivity index is 1.58. The summed E-state index contributed by atoms with van der Waals surface area (Å²) in [4.78, 5) is 18.3. The van der Waals surface area contributed by atoms with Gasteiger partial charge in [0, 0.05) is 18.9 Å². The van der Waals surface area contributed by atoms with Gasteiger partial charge in [0.25, 0.3) is 0 Å². The summed E-state index contributed by atoms with van der Waals surface area (Å²) in [5.41, 5.74) is 0. The minimum absolute atomic E-state index is 0.309. The van der Waals surface area contributed by atoms with Crippen LogP contribution in [0.25, 0.3) is 0 Å². The topological polar surface area (TPSA) is 71.2 Å². The molecule has 1 atom stereocenters. The van der Waals surface area contributed by atoms with E-state index in [1.807, 2.05) is 4.68 Å². The number of aliphatic carboxylic acids is 1. The number of rotatable bonds is 4. The second kappa shape index (κ2) is 6.36. The smallest absolute Gasteiger partial charge is 0.308 e. The molecule has 1 aromatic heterocycles. The van der Waals surface area contributed by atoms with Crippen LogP contribution in [0.5, 0.6) is 0 Å². The zero-order chi connectivity index (χ0) is 15.7. The highest BCUT2D eigenvalue weighted by Crippen LogP contribution is 2.23. The predicted octanol–water partition coefficient (Wildman–Crippen LogP) is 1.59. The first-order valence-electron chi connectivity index (χ1n) is 8.42. The van der Waals surface area contributed by atoms with E-state index in [9.17, 15) is 4.79 Å². The molecule has 6 heteroatoms. The number of hydrogen-bond donors (Lipinski definition) is 1. The Morgan fingerprint density at radius 3 is 2.68 bits per heavy atom. The molecule has 0 radical (unpaired) electrons. The molecule has 122 valence electrons. The van der Waals surface area contributed by atoms with E-state index in [0.29, 0.717) is 24.9 Å². The minimum atomic E-state index is -0.719. The number of piperidine rings is 1. The summed E-state index contributed by atoms with van der Waals surface area (Å²) in [5.74, 6) is 1.51. The van der Waals surface area contributed by atoms with Gasteiger partial charge in [-0.1, -0.05) is 0 Å². The van der Waals surface area contributed by atoms with Crippen molar-refractivity contribution in [2.75, 3.05) is 13.1 Å². The summed E-state index contributed by atoms with van der Waals surface area (Å²) in [6.07, 6.45) is 4.76. The van der Waals surface area contributed by atoms with Gasteiger partial charge in [0.05, 0.1) is 12.5 Å². The van der Waals surface area contributed by atoms with Crippen LogP contribution in [0.15, 0.2) is 0 Å². The fourth-order valence-electron chi connectivity index (χ4n) is 3.58. The predicted molar refractivity (Wildman–Crippen MR) is 82.6 cm³/mol. The molecule has 1 N–H and O–H groups in total. The fourth-order valence-corrected chi connectivity index (χ4v) is 3.58. The second-order valence-electron chi connectivity index (χ2n) is 6.98. The van der Waals surface area contributed by atoms with Crippen LogP contribution in [0.4, 0.5) is 0 Å². The van der Waals surface area contributed by atoms with Crippen molar-refractivity contribution in [1.82, 2.24) is 19.7 Å². The van der Waals surface area contributed by atoms with Gasteiger partial charge < -0.3 is 10.0 Å². The molecule has 3 heterocycles. The largest absolute Gasteiger partial charge is 0.481 e. The molecule has 0 aliphatic carbocycles. The lowest BCUT2D eigenvalue weighted by Gasteiger charge is -2.34. The number of fused-ring (bicyclic) bond motifs is 1. The number of hydrogen-bond acceptors (Lipinski definition) is 4. The van der Waals surface area contributed by atoms with Gasteiger partial charge in [-0.25, -0.2) is 9.67 Å². The van der Waals surface area contributed by atoms with Crippen LogP contribution in [0.2, 0.25) is 0 Å². The molecule has 1 fully saturated rings. The molecule has 0 spiro atoms. The summed E-state index contributed by atoms with van der Waals surface area (Å²) in [6, 6.07) is 0.631. The van der Waals surface area contributed by atoms with Gasteiger partial charge in [-0.05, 0) is 52.1 Å². The first-order chi connectivity index (χ1) is 10.5. The number of aromatic nitrogens is 3. The van der Waals surface area contributed by atoms with E-state index in [2.05, 4.69) is 28.8 Å². The molecular weight excluding hydrogens is 280 g/mol. The standard InChI is InChI=1S/C16H26N4O2/c1-11(2)19-7-5-12(6-8-19)9-14-17-15-4-3-13(16(21)22)10-20(15)18-14/h11-13H,3-10H2,1-2H3,(H,21,22). The van der Waals surface area contributed by atoms with E-state index in [4.69, 9.17) is 5.11 Å². The van der Waals surface area contributed by atoms with Crippen molar-refractivity contribution in [2.24, 2.45) is 11.8 Å². The van der Waals surface area contributed by atoms with E-state index in [1.165, 1.54) is 12.8 Å². The Hall–Kier alpha value is -1.43. The van der Waals surface area contributed by atoms with E-state index < -0.39 is 5.97 Å². The van der Waals surface area contributed by atoms with Crippen LogP contribution < -0.4 is 0 Å². The first-order valence-corrected chi connectivity index (χ1v) is 8.42. The Kier molecular flexibility index (Phi) is 4.47. The maximum Gasteiger partial charge on any atom is 0.308 e. The average Bonchev–Trinajstić information content (AvgIpc) is 2.88. The lowest BCUT2D eigenvalue weighted by Crippen LogP contribution is -2.38. The van der Waals surface area contributed by atoms with Crippen LogP contribution in [0, 0.1) is 11.8 Å². The molecule has 6 nitrogen and oxygen atoms in total. The molecule has 22 heavy (non-hydrogen) atoms. The number of aryl methyl sites for hydroxylation is 1. The number of carboxylic acid groups (broad SMARTS) is 1. The Morgan fingerprint density at radius 1 is 1.32 bits per heavy atom. The average molecular weight is 306 g/mol. The van der Waals surface area contributed by atoms with Crippen molar-refractivity contribution in [3.8, 4) is 0 Å². The number of likely N-dealkylation sites (tertiary alicyclic amines) is 1. The molecule has 2 aliphatic heterocycles. The maximum atomic E-state index is 11.1. The van der Waals surface area contributed by atoms with Crippen molar-refractivity contribution in [3.05, 3.63) is 11.6 Å². The minimum Gasteiger partial charge on any atom is -0.481 e. The Bertz CT molecular complexity index is 532. The van der Waals surface area contributed by atoms with Crippen molar-refractivity contribution >= 4 is 5.97 Å². The van der Waals surface area contributed by atoms with Crippen LogP contribution in [-0.2, 0) is 24.2 Å². The first kappa shape index (κ1) is 15.5. The lowest BCUT2D eigenvalue weighted by atomic mass is 9.92. The zero-order valence-corrected chi connectivity index (χ0v) is 13.5. The molecule has 1 unspecified atom stereocenters. The highest BCUT2D eigenvalue weighted by Gasteiger charge is 2.28. The molecular formula is C16H26N4O2. The third kappa shape index (κ3) is 3.32. The highest BCUT2D eigenvalue weighted by molar-refractivity contribution is 5.70. The van der Waals surface area contributed by atoms with E-state index >= 15 is 0 Å². The molecule has 1 saturated heterocycles. The summed E-state index contributed by atoms with van der Waals surface area (Å²) >= 11 is 0. The van der Waals surface area contributed by atoms with E-state index in [1.54, 1.807) is 0 Å². The number of carboxylic acids is 1. The van der Waals surface area contributed by atoms with Crippen LogP contribution in [-0.4, -0.2) is 49.9 Å². The van der Waals surface area contributed by atoms with Crippen molar-refractivity contribution in [3.63, 3.8) is 0 Å². The van der Waals surface area contributed by atoms with Gasteiger partial charge in [-0.15, -0.1) is 0 Å². The fraction of sp³-hybridized carbons (Fsp3) is 0.812. The highest BCUT2D eigenvalue weighted by atomic mass is 16.4. The third-order valence-corrected chi connectivity index (χ3v) is 5.10. The molecule has 2 aliphatic rings. The maximum absolute atomic E-state index is 11.1. The van der Waals surface area contributed by atoms with E-state index in [-0.39, 0.29) is 5.92 Å². The summed E-state index contributed by atoms with van der Waals surface area (Å²) in [7, 11) is 0.